The standard InChI is InChI=1S/2C25H34NO3.H3O4P/c2*1-5-13-19(18-26(6-2,7-3)8-4)28-25(27)24-20-14-9-11-16-22(20)29-23-17-12-10-15-21(23)24;1-5(2,3)4/h2*9-12,14-17,19,24H,5-8,13,18H2,1-4H3;(H3,1,2,3,4)/q2*+1;/p-2. The summed E-state index contributed by atoms with van der Waals surface area (Å²) in [4.78, 5) is 51.2. The highest BCUT2D eigenvalue weighted by Gasteiger charge is 2.38. The Hall–Kier alpha value is -4.55. The first-order chi connectivity index (χ1) is 30.1. The summed E-state index contributed by atoms with van der Waals surface area (Å²) < 4.78 is 35.1. The second-order valence-electron chi connectivity index (χ2n) is 16.3. The fourth-order valence-corrected chi connectivity index (χ4v) is 8.79. The van der Waals surface area contributed by atoms with Crippen molar-refractivity contribution in [1.29, 1.82) is 0 Å². The largest absolute Gasteiger partial charge is 0.790 e. The van der Waals surface area contributed by atoms with Crippen molar-refractivity contribution in [3.8, 4) is 23.0 Å². The summed E-state index contributed by atoms with van der Waals surface area (Å²) in [6.45, 7) is 25.7. The van der Waals surface area contributed by atoms with E-state index >= 15 is 0 Å². The van der Waals surface area contributed by atoms with Crippen LogP contribution in [0.25, 0.3) is 0 Å². The number of quaternary nitrogens is 2. The van der Waals surface area contributed by atoms with Gasteiger partial charge in [-0.3, -0.25) is 9.59 Å². The van der Waals surface area contributed by atoms with Crippen molar-refractivity contribution in [2.24, 2.45) is 0 Å². The van der Waals surface area contributed by atoms with Crippen molar-refractivity contribution in [2.45, 2.75) is 105 Å². The summed E-state index contributed by atoms with van der Waals surface area (Å²) in [7, 11) is -5.14. The lowest BCUT2D eigenvalue weighted by Crippen LogP contribution is -2.52. The third-order valence-electron chi connectivity index (χ3n) is 12.8. The summed E-state index contributed by atoms with van der Waals surface area (Å²) in [5.41, 5.74) is 3.53. The van der Waals surface area contributed by atoms with E-state index in [4.69, 9.17) is 38.2 Å². The topological polar surface area (TPSA) is 154 Å². The summed E-state index contributed by atoms with van der Waals surface area (Å²) >= 11 is 0. The van der Waals surface area contributed by atoms with E-state index in [0.717, 1.165) is 132 Å². The SMILES string of the molecule is CCCC(C[N+](CC)(CC)CC)OC(=O)C1c2ccccc2Oc2ccccc21.CCCC(C[N+](CC)(CC)CC)OC(=O)C1c2ccccc2Oc2ccccc21.O=P([O-])([O-])O. The van der Waals surface area contributed by atoms with Crippen molar-refractivity contribution < 1.29 is 56.7 Å². The molecule has 0 saturated heterocycles. The van der Waals surface area contributed by atoms with Crippen LogP contribution in [0.3, 0.4) is 0 Å². The highest BCUT2D eigenvalue weighted by atomic mass is 31.2. The Morgan fingerprint density at radius 3 is 1.00 bits per heavy atom. The number of hydrogen-bond acceptors (Lipinski definition) is 9. The fourth-order valence-electron chi connectivity index (χ4n) is 8.79. The number of para-hydroxylation sites is 4. The Morgan fingerprint density at radius 2 is 0.778 bits per heavy atom. The third kappa shape index (κ3) is 13.7. The number of ether oxygens (including phenoxy) is 4. The molecule has 4 aromatic rings. The molecule has 4 aromatic carbocycles. The lowest BCUT2D eigenvalue weighted by molar-refractivity contribution is -0.925. The molecule has 12 nitrogen and oxygen atoms in total. The molecule has 2 aliphatic heterocycles. The predicted octanol–water partition coefficient (Wildman–Crippen LogP) is 8.83. The first-order valence-electron chi connectivity index (χ1n) is 22.7. The van der Waals surface area contributed by atoms with Gasteiger partial charge in [-0.05, 0) is 78.6 Å². The van der Waals surface area contributed by atoms with E-state index in [1.807, 2.05) is 97.1 Å². The molecule has 13 heteroatoms. The summed E-state index contributed by atoms with van der Waals surface area (Å²) in [5.74, 6) is 1.72. The van der Waals surface area contributed by atoms with E-state index in [2.05, 4.69) is 55.4 Å². The van der Waals surface area contributed by atoms with Crippen molar-refractivity contribution in [1.82, 2.24) is 0 Å². The molecule has 2 atom stereocenters. The maximum atomic E-state index is 13.5. The second-order valence-corrected chi connectivity index (χ2v) is 17.3. The first kappa shape index (κ1) is 51.1. The Morgan fingerprint density at radius 1 is 0.540 bits per heavy atom. The zero-order valence-corrected chi connectivity index (χ0v) is 39.4. The van der Waals surface area contributed by atoms with Gasteiger partial charge in [-0.15, -0.1) is 0 Å². The average Bonchev–Trinajstić information content (AvgIpc) is 3.28. The van der Waals surface area contributed by atoms with Crippen LogP contribution in [0.5, 0.6) is 23.0 Å². The summed E-state index contributed by atoms with van der Waals surface area (Å²) in [6, 6.07) is 31.1. The minimum absolute atomic E-state index is 0.0745. The quantitative estimate of drug-likeness (QED) is 0.0582. The maximum Gasteiger partial charge on any atom is 0.318 e. The Balaban J connectivity index is 0.000000250. The van der Waals surface area contributed by atoms with Gasteiger partial charge in [-0.2, -0.15) is 0 Å². The Kier molecular flexibility index (Phi) is 19.4. The van der Waals surface area contributed by atoms with Crippen LogP contribution in [-0.2, 0) is 23.6 Å². The first-order valence-corrected chi connectivity index (χ1v) is 24.2. The number of fused-ring (bicyclic) bond motifs is 4. The van der Waals surface area contributed by atoms with Gasteiger partial charge in [-0.25, -0.2) is 0 Å². The van der Waals surface area contributed by atoms with Gasteiger partial charge in [0.15, 0.2) is 12.2 Å². The van der Waals surface area contributed by atoms with Gasteiger partial charge in [0.1, 0.15) is 47.9 Å². The van der Waals surface area contributed by atoms with Crippen molar-refractivity contribution >= 4 is 19.8 Å². The normalized spacial score (nSPS) is 14.3. The van der Waals surface area contributed by atoms with Crippen LogP contribution >= 0.6 is 7.82 Å². The Bertz CT molecular complexity index is 1860. The van der Waals surface area contributed by atoms with Crippen LogP contribution in [0.4, 0.5) is 0 Å². The number of hydrogen-bond donors (Lipinski definition) is 1. The van der Waals surface area contributed by atoms with E-state index in [1.54, 1.807) is 0 Å². The molecule has 6 rings (SSSR count). The molecule has 0 fully saturated rings. The third-order valence-corrected chi connectivity index (χ3v) is 12.8. The molecule has 2 aliphatic rings. The molecule has 0 aliphatic carbocycles. The number of phosphoric acid groups is 1. The van der Waals surface area contributed by atoms with Gasteiger partial charge in [0, 0.05) is 22.3 Å². The van der Waals surface area contributed by atoms with Crippen LogP contribution < -0.4 is 19.3 Å². The van der Waals surface area contributed by atoms with Gasteiger partial charge >= 0.3 is 11.9 Å². The number of likely N-dealkylation sites (N-methyl/N-ethyl adjacent to an activating group) is 2. The van der Waals surface area contributed by atoms with Crippen molar-refractivity contribution in [2.75, 3.05) is 52.4 Å². The fraction of sp³-hybridized carbons (Fsp3) is 0.480. The molecule has 2 heterocycles. The van der Waals surface area contributed by atoms with Gasteiger partial charge in [0.25, 0.3) is 0 Å². The summed E-state index contributed by atoms with van der Waals surface area (Å²) in [6.07, 6.45) is 3.62. The number of carbonyl (C=O) groups is 2. The van der Waals surface area contributed by atoms with E-state index in [1.165, 1.54) is 0 Å². The molecule has 0 spiro atoms. The number of nitrogens with zero attached hydrogens (tertiary/aromatic N) is 2. The smallest absolute Gasteiger partial charge is 0.318 e. The average molecular weight is 889 g/mol. The molecule has 0 amide bonds. The van der Waals surface area contributed by atoms with E-state index in [-0.39, 0.29) is 24.1 Å². The number of carbonyl (C=O) groups excluding carboxylic acids is 2. The highest BCUT2D eigenvalue weighted by Crippen LogP contribution is 2.46. The van der Waals surface area contributed by atoms with E-state index < -0.39 is 19.7 Å². The van der Waals surface area contributed by atoms with Crippen LogP contribution in [0.1, 0.15) is 115 Å². The van der Waals surface area contributed by atoms with Gasteiger partial charge in [-0.1, -0.05) is 99.5 Å². The van der Waals surface area contributed by atoms with Gasteiger partial charge in [0.2, 0.25) is 0 Å². The molecule has 63 heavy (non-hydrogen) atoms. The number of rotatable bonds is 18. The molecular formula is C50H69N2O10P. The molecule has 1 N–H and O–H groups in total. The number of benzene rings is 4. The number of esters is 2. The van der Waals surface area contributed by atoms with Crippen LogP contribution in [0.15, 0.2) is 97.1 Å². The zero-order valence-electron chi connectivity index (χ0n) is 38.5. The minimum Gasteiger partial charge on any atom is -0.790 e. The second kappa shape index (κ2) is 23.9. The molecule has 344 valence electrons. The molecule has 0 radical (unpaired) electrons. The monoisotopic (exact) mass is 888 g/mol. The molecular weight excluding hydrogens is 820 g/mol. The van der Waals surface area contributed by atoms with Crippen molar-refractivity contribution in [3.05, 3.63) is 119 Å². The van der Waals surface area contributed by atoms with E-state index in [0.29, 0.717) is 0 Å². The molecule has 0 bridgehead atoms. The molecule has 2 unspecified atom stereocenters. The lowest BCUT2D eigenvalue weighted by Gasteiger charge is -2.38. The molecule has 0 aromatic heterocycles. The minimum atomic E-state index is -5.14. The van der Waals surface area contributed by atoms with Gasteiger partial charge < -0.3 is 47.2 Å². The van der Waals surface area contributed by atoms with Crippen LogP contribution in [0, 0.1) is 0 Å². The van der Waals surface area contributed by atoms with Gasteiger partial charge in [0.05, 0.1) is 47.1 Å². The van der Waals surface area contributed by atoms with Crippen LogP contribution in [0.2, 0.25) is 0 Å². The predicted molar refractivity (Wildman–Crippen MR) is 243 cm³/mol. The molecule has 0 saturated carbocycles. The Labute approximate surface area is 375 Å². The summed E-state index contributed by atoms with van der Waals surface area (Å²) in [5, 5.41) is 0. The maximum absolute atomic E-state index is 13.5. The van der Waals surface area contributed by atoms with E-state index in [9.17, 15) is 9.59 Å². The van der Waals surface area contributed by atoms with Crippen molar-refractivity contribution in [3.63, 3.8) is 0 Å². The lowest BCUT2D eigenvalue weighted by atomic mass is 9.88. The van der Waals surface area contributed by atoms with Crippen LogP contribution in [-0.4, -0.2) is 90.4 Å². The highest BCUT2D eigenvalue weighted by molar-refractivity contribution is 7.42. The zero-order chi connectivity index (χ0) is 46.2.